The van der Waals surface area contributed by atoms with Crippen molar-refractivity contribution in [2.24, 2.45) is 5.73 Å². The van der Waals surface area contributed by atoms with Crippen LogP contribution in [0, 0.1) is 0 Å². The Morgan fingerprint density at radius 1 is 0.909 bits per heavy atom. The van der Waals surface area contributed by atoms with Crippen LogP contribution in [0.1, 0.15) is 48.9 Å². The Bertz CT molecular complexity index is 1530. The second kappa shape index (κ2) is 15.2. The zero-order valence-electron chi connectivity index (χ0n) is 25.3. The number of nitrogens with zero attached hydrogens (tertiary/aromatic N) is 2. The Balaban J connectivity index is 1.39. The first-order chi connectivity index (χ1) is 21.4. The lowest BCUT2D eigenvalue weighted by molar-refractivity contribution is -0.136. The number of hydrogen-bond donors (Lipinski definition) is 2. The van der Waals surface area contributed by atoms with Crippen LogP contribution in [0.15, 0.2) is 103 Å². The molecule has 1 heterocycles. The average molecular weight is 609 g/mol. The zero-order valence-corrected chi connectivity index (χ0v) is 26.0. The van der Waals surface area contributed by atoms with Crippen LogP contribution in [-0.4, -0.2) is 47.3 Å². The van der Waals surface area contributed by atoms with E-state index in [1.807, 2.05) is 66.7 Å². The second-order valence-corrected chi connectivity index (χ2v) is 12.0. The number of nitrogens with one attached hydrogen (secondary N) is 1. The molecular formula is C37H41ClN4O2. The van der Waals surface area contributed by atoms with E-state index in [-0.39, 0.29) is 30.3 Å². The lowest BCUT2D eigenvalue weighted by atomic mass is 9.94. The lowest BCUT2D eigenvalue weighted by Crippen LogP contribution is -2.48. The number of nitrogens with two attached hydrogens (primary N) is 1. The van der Waals surface area contributed by atoms with Crippen molar-refractivity contribution in [1.29, 1.82) is 0 Å². The molecule has 1 saturated heterocycles. The molecule has 0 aliphatic carbocycles. The zero-order chi connectivity index (χ0) is 30.9. The molecule has 6 nitrogen and oxygen atoms in total. The fraction of sp³-hybridized carbons (Fsp3) is 0.297. The third-order valence-corrected chi connectivity index (χ3v) is 8.68. The van der Waals surface area contributed by atoms with Gasteiger partial charge in [0.05, 0.1) is 12.5 Å². The summed E-state index contributed by atoms with van der Waals surface area (Å²) in [6, 6.07) is 34.2. The van der Waals surface area contributed by atoms with Gasteiger partial charge in [-0.25, -0.2) is 0 Å². The monoisotopic (exact) mass is 608 g/mol. The highest BCUT2D eigenvalue weighted by Gasteiger charge is 2.32. The summed E-state index contributed by atoms with van der Waals surface area (Å²) in [5, 5.41) is 3.67. The van der Waals surface area contributed by atoms with E-state index in [0.29, 0.717) is 18.0 Å². The second-order valence-electron chi connectivity index (χ2n) is 11.5. The Morgan fingerprint density at radius 3 is 2.34 bits per heavy atom. The van der Waals surface area contributed by atoms with Gasteiger partial charge in [-0.05, 0) is 66.3 Å². The van der Waals surface area contributed by atoms with Crippen molar-refractivity contribution >= 4 is 29.1 Å². The van der Waals surface area contributed by atoms with E-state index in [9.17, 15) is 9.59 Å². The van der Waals surface area contributed by atoms with Gasteiger partial charge in [-0.2, -0.15) is 0 Å². The van der Waals surface area contributed by atoms with E-state index in [0.717, 1.165) is 60.4 Å². The molecule has 228 valence electrons. The van der Waals surface area contributed by atoms with Crippen molar-refractivity contribution in [3.8, 4) is 11.1 Å². The number of amides is 2. The van der Waals surface area contributed by atoms with Gasteiger partial charge in [0.25, 0.3) is 0 Å². The fourth-order valence-electron chi connectivity index (χ4n) is 6.12. The Kier molecular flexibility index (Phi) is 10.8. The number of piperidine rings is 1. The molecule has 2 amide bonds. The van der Waals surface area contributed by atoms with Gasteiger partial charge < -0.3 is 16.0 Å². The molecule has 4 aromatic rings. The fourth-order valence-corrected chi connectivity index (χ4v) is 6.24. The highest BCUT2D eigenvalue weighted by molar-refractivity contribution is 6.30. The van der Waals surface area contributed by atoms with Gasteiger partial charge >= 0.3 is 0 Å². The van der Waals surface area contributed by atoms with Crippen molar-refractivity contribution in [3.05, 3.63) is 125 Å². The molecule has 5 rings (SSSR count). The molecule has 1 aliphatic rings. The number of carbonyl (C=O) groups is 2. The maximum atomic E-state index is 14.1. The Hall–Kier alpha value is -3.97. The lowest BCUT2D eigenvalue weighted by Gasteiger charge is -2.42. The summed E-state index contributed by atoms with van der Waals surface area (Å²) in [5.41, 5.74) is 11.6. The first-order valence-electron chi connectivity index (χ1n) is 15.4. The minimum Gasteiger partial charge on any atom is -0.333 e. The van der Waals surface area contributed by atoms with Crippen LogP contribution in [0.3, 0.4) is 0 Å². The molecule has 4 aromatic carbocycles. The molecule has 44 heavy (non-hydrogen) atoms. The molecule has 1 unspecified atom stereocenters. The predicted molar refractivity (Wildman–Crippen MR) is 179 cm³/mol. The third kappa shape index (κ3) is 8.14. The minimum atomic E-state index is -0.139. The standard InChI is InChI=1S/C37H41ClN4O2/c1-27(30-10-7-11-31(25-30)34-12-5-6-13-35(34)40-36(43)18-21-39)42(37(44)24-28-14-16-32(38)17-15-28)33-19-22-41(23-20-33)26-29-8-3-2-4-9-29/h2-17,25,27,33H,18-24,26,39H2,1H3,(H,40,43). The number of carbonyl (C=O) groups excluding carboxylic acids is 2. The van der Waals surface area contributed by atoms with Gasteiger partial charge in [0.1, 0.15) is 0 Å². The van der Waals surface area contributed by atoms with Crippen LogP contribution >= 0.6 is 11.6 Å². The molecule has 1 fully saturated rings. The van der Waals surface area contributed by atoms with Gasteiger partial charge in [-0.15, -0.1) is 0 Å². The number of halogens is 1. The van der Waals surface area contributed by atoms with E-state index >= 15 is 0 Å². The topological polar surface area (TPSA) is 78.7 Å². The van der Waals surface area contributed by atoms with Crippen molar-refractivity contribution in [2.45, 2.75) is 51.2 Å². The number of likely N-dealkylation sites (tertiary alicyclic amines) is 1. The summed E-state index contributed by atoms with van der Waals surface area (Å²) in [4.78, 5) is 31.1. The van der Waals surface area contributed by atoms with E-state index in [4.69, 9.17) is 17.3 Å². The summed E-state index contributed by atoms with van der Waals surface area (Å²) in [6.45, 7) is 5.22. The number of hydrogen-bond acceptors (Lipinski definition) is 4. The number of anilines is 1. The van der Waals surface area contributed by atoms with Crippen molar-refractivity contribution in [3.63, 3.8) is 0 Å². The molecule has 0 saturated carbocycles. The summed E-state index contributed by atoms with van der Waals surface area (Å²) >= 11 is 6.13. The highest BCUT2D eigenvalue weighted by Crippen LogP contribution is 2.34. The maximum absolute atomic E-state index is 14.1. The van der Waals surface area contributed by atoms with Crippen LogP contribution in [0.4, 0.5) is 5.69 Å². The summed E-state index contributed by atoms with van der Waals surface area (Å²) < 4.78 is 0. The number of benzene rings is 4. The Labute approximate surface area is 265 Å². The van der Waals surface area contributed by atoms with Gasteiger partial charge in [0.15, 0.2) is 0 Å². The SMILES string of the molecule is CC(c1cccc(-c2ccccc2NC(=O)CCN)c1)N(C(=O)Cc1ccc(Cl)cc1)C1CCN(Cc2ccccc2)CC1. The molecule has 0 spiro atoms. The minimum absolute atomic E-state index is 0.109. The number of para-hydroxylation sites is 1. The van der Waals surface area contributed by atoms with E-state index < -0.39 is 0 Å². The average Bonchev–Trinajstić information content (AvgIpc) is 3.04. The van der Waals surface area contributed by atoms with Crippen molar-refractivity contribution < 1.29 is 9.59 Å². The van der Waals surface area contributed by atoms with Crippen molar-refractivity contribution in [1.82, 2.24) is 9.80 Å². The summed E-state index contributed by atoms with van der Waals surface area (Å²) in [5.74, 6) is 0.00299. The first kappa shape index (κ1) is 31.5. The van der Waals surface area contributed by atoms with Gasteiger partial charge in [0, 0.05) is 54.9 Å². The van der Waals surface area contributed by atoms with Crippen LogP contribution in [0.2, 0.25) is 5.02 Å². The maximum Gasteiger partial charge on any atom is 0.227 e. The smallest absolute Gasteiger partial charge is 0.227 e. The van der Waals surface area contributed by atoms with Crippen LogP contribution in [0.5, 0.6) is 0 Å². The van der Waals surface area contributed by atoms with E-state index in [1.165, 1.54) is 5.56 Å². The summed E-state index contributed by atoms with van der Waals surface area (Å²) in [6.07, 6.45) is 2.42. The number of rotatable bonds is 11. The van der Waals surface area contributed by atoms with Gasteiger partial charge in [-0.3, -0.25) is 14.5 Å². The molecule has 1 aliphatic heterocycles. The van der Waals surface area contributed by atoms with Crippen LogP contribution < -0.4 is 11.1 Å². The molecule has 0 bridgehead atoms. The van der Waals surface area contributed by atoms with E-state index in [2.05, 4.69) is 58.4 Å². The van der Waals surface area contributed by atoms with E-state index in [1.54, 1.807) is 0 Å². The predicted octanol–water partition coefficient (Wildman–Crippen LogP) is 7.09. The molecule has 3 N–H and O–H groups in total. The van der Waals surface area contributed by atoms with Crippen molar-refractivity contribution in [2.75, 3.05) is 25.0 Å². The Morgan fingerprint density at radius 2 is 1.61 bits per heavy atom. The van der Waals surface area contributed by atoms with Crippen LogP contribution in [-0.2, 0) is 22.6 Å². The molecular weight excluding hydrogens is 568 g/mol. The normalized spacial score (nSPS) is 14.6. The first-order valence-corrected chi connectivity index (χ1v) is 15.8. The van der Waals surface area contributed by atoms with Crippen LogP contribution in [0.25, 0.3) is 11.1 Å². The molecule has 7 heteroatoms. The summed E-state index contributed by atoms with van der Waals surface area (Å²) in [7, 11) is 0. The quantitative estimate of drug-likeness (QED) is 0.190. The highest BCUT2D eigenvalue weighted by atomic mass is 35.5. The molecule has 0 aromatic heterocycles. The van der Waals surface area contributed by atoms with Gasteiger partial charge in [0.2, 0.25) is 11.8 Å². The molecule has 0 radical (unpaired) electrons. The van der Waals surface area contributed by atoms with Gasteiger partial charge in [-0.1, -0.05) is 90.5 Å². The largest absolute Gasteiger partial charge is 0.333 e. The molecule has 1 atom stereocenters. The third-order valence-electron chi connectivity index (χ3n) is 8.43.